The molecule has 2 aromatic heterocycles. The summed E-state index contributed by atoms with van der Waals surface area (Å²) in [4.78, 5) is 23.3. The number of nitrogens with zero attached hydrogens (tertiary/aromatic N) is 3. The molecule has 4 heterocycles. The van der Waals surface area contributed by atoms with Crippen LogP contribution in [0.5, 0.6) is 11.5 Å². The van der Waals surface area contributed by atoms with E-state index < -0.39 is 35.2 Å². The maximum atomic E-state index is 12.4. The number of benzene rings is 3. The van der Waals surface area contributed by atoms with Crippen LogP contribution in [0.1, 0.15) is 22.9 Å². The molecule has 4 atom stereocenters. The van der Waals surface area contributed by atoms with Gasteiger partial charge in [-0.05, 0) is 41.0 Å². The number of ether oxygens (including phenoxy) is 5. The Kier molecular flexibility index (Phi) is 6.85. The van der Waals surface area contributed by atoms with Crippen LogP contribution in [0.3, 0.4) is 0 Å². The number of aromatic nitrogens is 4. The van der Waals surface area contributed by atoms with Crippen LogP contribution in [0.2, 0.25) is 0 Å². The number of rotatable bonds is 9. The van der Waals surface area contributed by atoms with Gasteiger partial charge in [0.15, 0.2) is 17.4 Å². The standard InChI is InChI=1S/C32H31N5O7/c1-40-22-12-8-20(9-13-22)32(19-6-4-3-5-7-19,21-10-14-23(41-2)15-11-21)43-17-31-16-42-25(26(31)38)29(44-31)37-18-34-24-27(37)35-30(33)36-28(24)39/h3-15,18,25-26,29,38H,16-17H2,1-2H3,(H3,33,35,36,39)/t25-,26+,29-,31-/m1/s1. The van der Waals surface area contributed by atoms with Crippen LogP contribution in [-0.2, 0) is 19.8 Å². The summed E-state index contributed by atoms with van der Waals surface area (Å²) in [5.74, 6) is 1.35. The van der Waals surface area contributed by atoms with Gasteiger partial charge in [-0.25, -0.2) is 4.98 Å². The van der Waals surface area contributed by atoms with Crippen molar-refractivity contribution in [1.82, 2.24) is 19.5 Å². The third-order valence-corrected chi connectivity index (χ3v) is 8.44. The SMILES string of the molecule is COc1ccc(C(OC[C@@]23CO[C@@H]([C@H](n4cnc5c(=O)[nH]c(N)nc54)O2)[C@@H]3O)(c2ccccc2)c2ccc(OC)cc2)cc1. The van der Waals surface area contributed by atoms with Crippen LogP contribution >= 0.6 is 0 Å². The van der Waals surface area contributed by atoms with E-state index in [4.69, 9.17) is 29.4 Å². The maximum absolute atomic E-state index is 12.4. The minimum atomic E-state index is -1.24. The second-order valence-corrected chi connectivity index (χ2v) is 10.9. The van der Waals surface area contributed by atoms with Gasteiger partial charge in [0.1, 0.15) is 34.9 Å². The molecule has 12 heteroatoms. The zero-order valence-electron chi connectivity index (χ0n) is 24.0. The van der Waals surface area contributed by atoms with E-state index in [1.807, 2.05) is 78.9 Å². The molecular weight excluding hydrogens is 566 g/mol. The number of H-pyrrole nitrogens is 1. The zero-order valence-corrected chi connectivity index (χ0v) is 24.0. The first-order chi connectivity index (χ1) is 21.4. The van der Waals surface area contributed by atoms with Crippen molar-refractivity contribution in [2.45, 2.75) is 29.6 Å². The molecule has 4 N–H and O–H groups in total. The molecule has 2 fully saturated rings. The molecule has 0 saturated carbocycles. The number of aliphatic hydroxyl groups excluding tert-OH is 1. The summed E-state index contributed by atoms with van der Waals surface area (Å²) in [6.07, 6.45) is -1.20. The fraction of sp³-hybridized carbons (Fsp3) is 0.281. The Morgan fingerprint density at radius 2 is 1.61 bits per heavy atom. The van der Waals surface area contributed by atoms with Crippen LogP contribution < -0.4 is 20.8 Å². The van der Waals surface area contributed by atoms with Crippen LogP contribution in [0, 0.1) is 0 Å². The van der Waals surface area contributed by atoms with Crippen LogP contribution in [0.15, 0.2) is 90.0 Å². The number of aromatic amines is 1. The Bertz CT molecular complexity index is 1790. The molecule has 2 saturated heterocycles. The molecule has 5 aromatic rings. The Morgan fingerprint density at radius 3 is 2.23 bits per heavy atom. The quantitative estimate of drug-likeness (QED) is 0.216. The lowest BCUT2D eigenvalue weighted by atomic mass is 9.79. The van der Waals surface area contributed by atoms with Crippen molar-refractivity contribution in [3.63, 3.8) is 0 Å². The summed E-state index contributed by atoms with van der Waals surface area (Å²) in [5, 5.41) is 11.6. The highest BCUT2D eigenvalue weighted by molar-refractivity contribution is 5.70. The highest BCUT2D eigenvalue weighted by Crippen LogP contribution is 2.48. The molecule has 3 aromatic carbocycles. The largest absolute Gasteiger partial charge is 0.497 e. The van der Waals surface area contributed by atoms with E-state index in [0.29, 0.717) is 11.5 Å². The average Bonchev–Trinajstić information content (AvgIpc) is 3.71. The highest BCUT2D eigenvalue weighted by atomic mass is 16.7. The van der Waals surface area contributed by atoms with Gasteiger partial charge in [0.05, 0.1) is 33.8 Å². The Balaban J connectivity index is 1.31. The summed E-state index contributed by atoms with van der Waals surface area (Å²) < 4.78 is 32.1. The topological polar surface area (TPSA) is 156 Å². The van der Waals surface area contributed by atoms with Gasteiger partial charge in [-0.15, -0.1) is 0 Å². The number of fused-ring (bicyclic) bond motifs is 3. The second kappa shape index (κ2) is 10.8. The lowest BCUT2D eigenvalue weighted by Crippen LogP contribution is -2.48. The Morgan fingerprint density at radius 1 is 1.00 bits per heavy atom. The molecule has 44 heavy (non-hydrogen) atoms. The van der Waals surface area contributed by atoms with Gasteiger partial charge in [0.25, 0.3) is 5.56 Å². The van der Waals surface area contributed by atoms with Gasteiger partial charge in [-0.2, -0.15) is 4.98 Å². The van der Waals surface area contributed by atoms with Crippen molar-refractivity contribution < 1.29 is 28.8 Å². The molecule has 0 spiro atoms. The molecule has 0 unspecified atom stereocenters. The van der Waals surface area contributed by atoms with E-state index in [0.717, 1.165) is 16.7 Å². The van der Waals surface area contributed by atoms with Gasteiger partial charge in [-0.3, -0.25) is 14.3 Å². The maximum Gasteiger partial charge on any atom is 0.280 e. The number of anilines is 1. The lowest BCUT2D eigenvalue weighted by Gasteiger charge is -2.39. The number of imidazole rings is 1. The number of hydrogen-bond donors (Lipinski definition) is 3. The van der Waals surface area contributed by atoms with E-state index in [1.54, 1.807) is 18.8 Å². The predicted molar refractivity (Wildman–Crippen MR) is 159 cm³/mol. The Labute approximate surface area is 251 Å². The smallest absolute Gasteiger partial charge is 0.280 e. The van der Waals surface area contributed by atoms with Crippen molar-refractivity contribution in [2.75, 3.05) is 33.2 Å². The first-order valence-electron chi connectivity index (χ1n) is 14.1. The van der Waals surface area contributed by atoms with Crippen LogP contribution in [0.4, 0.5) is 5.95 Å². The molecular formula is C32H31N5O7. The minimum Gasteiger partial charge on any atom is -0.497 e. The summed E-state index contributed by atoms with van der Waals surface area (Å²) in [6.45, 7) is 0.0467. The first kappa shape index (κ1) is 28.0. The molecule has 12 nitrogen and oxygen atoms in total. The average molecular weight is 598 g/mol. The fourth-order valence-corrected chi connectivity index (χ4v) is 6.17. The molecule has 226 valence electrons. The number of nitrogens with two attached hydrogens (primary N) is 1. The number of aliphatic hydroxyl groups is 1. The highest BCUT2D eigenvalue weighted by Gasteiger charge is 2.63. The van der Waals surface area contributed by atoms with Gasteiger partial charge < -0.3 is 34.5 Å². The predicted octanol–water partition coefficient (Wildman–Crippen LogP) is 2.76. The lowest BCUT2D eigenvalue weighted by molar-refractivity contribution is -0.202. The fourth-order valence-electron chi connectivity index (χ4n) is 6.17. The molecule has 2 aliphatic rings. The zero-order chi connectivity index (χ0) is 30.5. The van der Waals surface area contributed by atoms with Crippen molar-refractivity contribution >= 4 is 17.1 Å². The number of hydrogen-bond acceptors (Lipinski definition) is 10. The summed E-state index contributed by atoms with van der Waals surface area (Å²) in [6, 6.07) is 25.2. The molecule has 0 aliphatic carbocycles. The number of nitrogen functional groups attached to an aromatic ring is 1. The third kappa shape index (κ3) is 4.34. The first-order valence-corrected chi connectivity index (χ1v) is 14.1. The van der Waals surface area contributed by atoms with E-state index >= 15 is 0 Å². The van der Waals surface area contributed by atoms with E-state index in [2.05, 4.69) is 15.0 Å². The van der Waals surface area contributed by atoms with Crippen molar-refractivity contribution in [1.29, 1.82) is 0 Å². The van der Waals surface area contributed by atoms with Gasteiger partial charge in [0.2, 0.25) is 5.95 Å². The molecule has 7 rings (SSSR count). The second-order valence-electron chi connectivity index (χ2n) is 10.9. The minimum absolute atomic E-state index is 0.0447. The number of methoxy groups -OCH3 is 2. The molecule has 0 amide bonds. The molecule has 2 bridgehead atoms. The van der Waals surface area contributed by atoms with E-state index in [1.165, 1.54) is 6.33 Å². The van der Waals surface area contributed by atoms with Crippen molar-refractivity contribution in [3.05, 3.63) is 112 Å². The summed E-state index contributed by atoms with van der Waals surface area (Å²) in [7, 11) is 3.24. The van der Waals surface area contributed by atoms with Crippen molar-refractivity contribution in [2.24, 2.45) is 0 Å². The normalized spacial score (nSPS) is 22.8. The van der Waals surface area contributed by atoms with E-state index in [-0.39, 0.29) is 30.3 Å². The van der Waals surface area contributed by atoms with Crippen LogP contribution in [-0.4, -0.2) is 69.9 Å². The number of nitrogens with one attached hydrogen (secondary N) is 1. The van der Waals surface area contributed by atoms with Gasteiger partial charge in [0, 0.05) is 0 Å². The monoisotopic (exact) mass is 597 g/mol. The van der Waals surface area contributed by atoms with Crippen molar-refractivity contribution in [3.8, 4) is 11.5 Å². The van der Waals surface area contributed by atoms with Gasteiger partial charge in [-0.1, -0.05) is 54.6 Å². The Hall–Kier alpha value is -4.75. The van der Waals surface area contributed by atoms with Gasteiger partial charge >= 0.3 is 0 Å². The summed E-state index contributed by atoms with van der Waals surface area (Å²) >= 11 is 0. The third-order valence-electron chi connectivity index (χ3n) is 8.44. The van der Waals surface area contributed by atoms with Crippen LogP contribution in [0.25, 0.3) is 11.2 Å². The summed E-state index contributed by atoms with van der Waals surface area (Å²) in [5.41, 5.74) is 5.85. The molecule has 2 aliphatic heterocycles. The molecule has 0 radical (unpaired) electrons. The van der Waals surface area contributed by atoms with E-state index in [9.17, 15) is 9.90 Å².